The summed E-state index contributed by atoms with van der Waals surface area (Å²) in [5, 5.41) is 2.64. The van der Waals surface area contributed by atoms with Gasteiger partial charge in [0.05, 0.1) is 10.5 Å². The molecule has 138 valence electrons. The number of aryl methyl sites for hydroxylation is 1. The fourth-order valence-electron chi connectivity index (χ4n) is 3.00. The Morgan fingerprint density at radius 3 is 2.46 bits per heavy atom. The first-order chi connectivity index (χ1) is 12.4. The van der Waals surface area contributed by atoms with E-state index < -0.39 is 21.7 Å². The van der Waals surface area contributed by atoms with Gasteiger partial charge in [0, 0.05) is 18.8 Å². The fraction of sp³-hybridized carbons (Fsp3) is 0.316. The van der Waals surface area contributed by atoms with E-state index in [1.807, 2.05) is 19.1 Å². The van der Waals surface area contributed by atoms with Crippen LogP contribution in [0.15, 0.2) is 47.4 Å². The molecular weight excluding hydrogens is 355 g/mol. The maximum atomic E-state index is 14.2. The van der Waals surface area contributed by atoms with Crippen molar-refractivity contribution in [1.29, 1.82) is 0 Å². The summed E-state index contributed by atoms with van der Waals surface area (Å²) in [5.74, 6) is -1.43. The highest BCUT2D eigenvalue weighted by atomic mass is 32.2. The van der Waals surface area contributed by atoms with Crippen LogP contribution < -0.4 is 5.32 Å². The molecule has 7 heteroatoms. The molecule has 0 unspecified atom stereocenters. The molecule has 0 aliphatic carbocycles. The van der Waals surface area contributed by atoms with Crippen molar-refractivity contribution < 1.29 is 17.6 Å². The molecular formula is C19H21FN2O3S. The van der Waals surface area contributed by atoms with Crippen molar-refractivity contribution in [2.75, 3.05) is 18.4 Å². The Morgan fingerprint density at radius 2 is 1.77 bits per heavy atom. The van der Waals surface area contributed by atoms with Crippen LogP contribution in [0.2, 0.25) is 0 Å². The van der Waals surface area contributed by atoms with Crippen LogP contribution in [0.4, 0.5) is 10.1 Å². The van der Waals surface area contributed by atoms with Crippen molar-refractivity contribution in [1.82, 2.24) is 4.31 Å². The Hall–Kier alpha value is -2.25. The third-order valence-electron chi connectivity index (χ3n) is 4.53. The average Bonchev–Trinajstić information content (AvgIpc) is 2.64. The third kappa shape index (κ3) is 3.78. The molecule has 0 spiro atoms. The Balaban J connectivity index is 1.90. The van der Waals surface area contributed by atoms with E-state index >= 15 is 0 Å². The van der Waals surface area contributed by atoms with E-state index in [0.29, 0.717) is 18.8 Å². The number of carbonyl (C=O) groups excluding carboxylic acids is 1. The summed E-state index contributed by atoms with van der Waals surface area (Å²) in [6.07, 6.45) is 2.61. The maximum absolute atomic E-state index is 14.2. The summed E-state index contributed by atoms with van der Waals surface area (Å²) in [5.41, 5.74) is 1.10. The summed E-state index contributed by atoms with van der Waals surface area (Å²) in [6, 6.07) is 10.5. The van der Waals surface area contributed by atoms with Crippen molar-refractivity contribution in [3.05, 3.63) is 59.4 Å². The lowest BCUT2D eigenvalue weighted by atomic mass is 10.1. The first-order valence-electron chi connectivity index (χ1n) is 8.56. The van der Waals surface area contributed by atoms with Gasteiger partial charge >= 0.3 is 0 Å². The number of benzene rings is 2. The van der Waals surface area contributed by atoms with E-state index in [2.05, 4.69) is 5.32 Å². The smallest absolute Gasteiger partial charge is 0.258 e. The van der Waals surface area contributed by atoms with Gasteiger partial charge in [0.1, 0.15) is 5.82 Å². The molecule has 3 rings (SSSR count). The molecule has 1 amide bonds. The van der Waals surface area contributed by atoms with E-state index in [1.165, 1.54) is 10.4 Å². The van der Waals surface area contributed by atoms with Gasteiger partial charge in [-0.15, -0.1) is 0 Å². The van der Waals surface area contributed by atoms with E-state index in [0.717, 1.165) is 37.0 Å². The molecule has 0 bridgehead atoms. The Bertz CT molecular complexity index is 922. The summed E-state index contributed by atoms with van der Waals surface area (Å²) < 4.78 is 41.1. The minimum absolute atomic E-state index is 0.0595. The molecule has 1 fully saturated rings. The van der Waals surface area contributed by atoms with E-state index in [9.17, 15) is 17.6 Å². The topological polar surface area (TPSA) is 66.5 Å². The van der Waals surface area contributed by atoms with Gasteiger partial charge in [-0.1, -0.05) is 24.6 Å². The normalized spacial score (nSPS) is 15.6. The summed E-state index contributed by atoms with van der Waals surface area (Å²) in [6.45, 7) is 2.72. The highest BCUT2D eigenvalue weighted by Gasteiger charge is 2.27. The second-order valence-electron chi connectivity index (χ2n) is 6.38. The zero-order chi connectivity index (χ0) is 18.7. The fourth-order valence-corrected chi connectivity index (χ4v) is 4.54. The SMILES string of the molecule is Cc1ccccc1NC(=O)c1cc(S(=O)(=O)N2CCCCC2)ccc1F. The van der Waals surface area contributed by atoms with Crippen LogP contribution >= 0.6 is 0 Å². The quantitative estimate of drug-likeness (QED) is 0.887. The molecule has 1 saturated heterocycles. The molecule has 0 aromatic heterocycles. The van der Waals surface area contributed by atoms with Crippen LogP contribution in [-0.2, 0) is 10.0 Å². The first kappa shape index (κ1) is 18.5. The molecule has 0 saturated carbocycles. The zero-order valence-electron chi connectivity index (χ0n) is 14.5. The average molecular weight is 376 g/mol. The summed E-state index contributed by atoms with van der Waals surface area (Å²) >= 11 is 0. The van der Waals surface area contributed by atoms with Crippen LogP contribution in [0, 0.1) is 12.7 Å². The molecule has 26 heavy (non-hydrogen) atoms. The predicted molar refractivity (Wildman–Crippen MR) is 98.1 cm³/mol. The Labute approximate surface area is 152 Å². The minimum atomic E-state index is -3.73. The number of carbonyl (C=O) groups is 1. The van der Waals surface area contributed by atoms with E-state index in [-0.39, 0.29) is 10.5 Å². The third-order valence-corrected chi connectivity index (χ3v) is 6.42. The van der Waals surface area contributed by atoms with Crippen LogP contribution in [0.1, 0.15) is 35.2 Å². The van der Waals surface area contributed by atoms with Gasteiger partial charge < -0.3 is 5.32 Å². The van der Waals surface area contributed by atoms with Gasteiger partial charge in [-0.3, -0.25) is 4.79 Å². The number of nitrogens with zero attached hydrogens (tertiary/aromatic N) is 1. The predicted octanol–water partition coefficient (Wildman–Crippen LogP) is 3.56. The number of sulfonamides is 1. The Morgan fingerprint density at radius 1 is 1.08 bits per heavy atom. The lowest BCUT2D eigenvalue weighted by molar-refractivity contribution is 0.102. The standard InChI is InChI=1S/C19H21FN2O3S/c1-14-7-3-4-8-18(14)21-19(23)16-13-15(9-10-17(16)20)26(24,25)22-11-5-2-6-12-22/h3-4,7-10,13H,2,5-6,11-12H2,1H3,(H,21,23). The van der Waals surface area contributed by atoms with Crippen LogP contribution in [0.25, 0.3) is 0 Å². The number of hydrogen-bond acceptors (Lipinski definition) is 3. The summed E-state index contributed by atoms with van der Waals surface area (Å²) in [7, 11) is -3.73. The van der Waals surface area contributed by atoms with Crippen molar-refractivity contribution in [3.63, 3.8) is 0 Å². The van der Waals surface area contributed by atoms with Crippen LogP contribution in [-0.4, -0.2) is 31.7 Å². The van der Waals surface area contributed by atoms with Gasteiger partial charge in [0.15, 0.2) is 0 Å². The van der Waals surface area contributed by atoms with Crippen molar-refractivity contribution >= 4 is 21.6 Å². The van der Waals surface area contributed by atoms with Gasteiger partial charge in [-0.2, -0.15) is 4.31 Å². The van der Waals surface area contributed by atoms with E-state index in [4.69, 9.17) is 0 Å². The number of nitrogens with one attached hydrogen (secondary N) is 1. The highest BCUT2D eigenvalue weighted by Crippen LogP contribution is 2.23. The Kier molecular flexibility index (Phi) is 5.38. The molecule has 0 atom stereocenters. The maximum Gasteiger partial charge on any atom is 0.258 e. The van der Waals surface area contributed by atoms with E-state index in [1.54, 1.807) is 12.1 Å². The largest absolute Gasteiger partial charge is 0.322 e. The number of halogens is 1. The molecule has 5 nitrogen and oxygen atoms in total. The van der Waals surface area contributed by atoms with Crippen LogP contribution in [0.5, 0.6) is 0 Å². The van der Waals surface area contributed by atoms with Crippen LogP contribution in [0.3, 0.4) is 0 Å². The number of rotatable bonds is 4. The van der Waals surface area contributed by atoms with Gasteiger partial charge in [0.25, 0.3) is 5.91 Å². The summed E-state index contributed by atoms with van der Waals surface area (Å²) in [4.78, 5) is 12.4. The molecule has 1 heterocycles. The monoisotopic (exact) mass is 376 g/mol. The molecule has 1 N–H and O–H groups in total. The number of amides is 1. The second-order valence-corrected chi connectivity index (χ2v) is 8.31. The number of anilines is 1. The van der Waals surface area contributed by atoms with Gasteiger partial charge in [-0.05, 0) is 49.6 Å². The highest BCUT2D eigenvalue weighted by molar-refractivity contribution is 7.89. The molecule has 2 aromatic carbocycles. The molecule has 0 radical (unpaired) electrons. The first-order valence-corrected chi connectivity index (χ1v) is 10.0. The van der Waals surface area contributed by atoms with Crippen molar-refractivity contribution in [3.8, 4) is 0 Å². The number of para-hydroxylation sites is 1. The van der Waals surface area contributed by atoms with Crippen molar-refractivity contribution in [2.45, 2.75) is 31.1 Å². The lowest BCUT2D eigenvalue weighted by Gasteiger charge is -2.26. The molecule has 1 aliphatic rings. The minimum Gasteiger partial charge on any atom is -0.322 e. The number of hydrogen-bond donors (Lipinski definition) is 1. The second kappa shape index (κ2) is 7.55. The lowest BCUT2D eigenvalue weighted by Crippen LogP contribution is -2.35. The molecule has 1 aliphatic heterocycles. The number of piperidine rings is 1. The van der Waals surface area contributed by atoms with Crippen molar-refractivity contribution in [2.24, 2.45) is 0 Å². The zero-order valence-corrected chi connectivity index (χ0v) is 15.4. The molecule has 2 aromatic rings. The van der Waals surface area contributed by atoms with Gasteiger partial charge in [-0.25, -0.2) is 12.8 Å². The van der Waals surface area contributed by atoms with Gasteiger partial charge in [0.2, 0.25) is 10.0 Å².